The van der Waals surface area contributed by atoms with Crippen molar-refractivity contribution in [1.82, 2.24) is 0 Å². The van der Waals surface area contributed by atoms with Crippen molar-refractivity contribution < 1.29 is 9.84 Å². The van der Waals surface area contributed by atoms with Crippen LogP contribution in [0.2, 0.25) is 0 Å². The van der Waals surface area contributed by atoms with E-state index in [1.54, 1.807) is 0 Å². The van der Waals surface area contributed by atoms with Crippen molar-refractivity contribution >= 4 is 0 Å². The number of hydrogen-bond acceptors (Lipinski definition) is 2. The lowest BCUT2D eigenvalue weighted by atomic mass is 10.1. The van der Waals surface area contributed by atoms with Crippen LogP contribution in [0.15, 0.2) is 42.5 Å². The maximum Gasteiger partial charge on any atom is 0.0716 e. The largest absolute Gasteiger partial charge is 0.393 e. The van der Waals surface area contributed by atoms with Gasteiger partial charge in [0.2, 0.25) is 0 Å². The molecule has 1 N–H and O–H groups in total. The fraction of sp³-hybridized carbons (Fsp3) is 0.619. The van der Waals surface area contributed by atoms with Crippen molar-refractivity contribution in [2.75, 3.05) is 6.61 Å². The highest BCUT2D eigenvalue weighted by molar-refractivity contribution is 5.13. The lowest BCUT2D eigenvalue weighted by Crippen LogP contribution is -2.10. The molecule has 1 atom stereocenters. The van der Waals surface area contributed by atoms with Gasteiger partial charge in [-0.3, -0.25) is 0 Å². The molecule has 0 bridgehead atoms. The Kier molecular flexibility index (Phi) is 12.5. The third kappa shape index (κ3) is 12.0. The van der Waals surface area contributed by atoms with Gasteiger partial charge in [0, 0.05) is 6.61 Å². The highest BCUT2D eigenvalue weighted by atomic mass is 16.5. The van der Waals surface area contributed by atoms with Crippen LogP contribution in [0, 0.1) is 0 Å². The maximum absolute atomic E-state index is 9.94. The van der Waals surface area contributed by atoms with E-state index in [2.05, 4.69) is 31.2 Å². The summed E-state index contributed by atoms with van der Waals surface area (Å²) in [5.74, 6) is 0. The Hall–Kier alpha value is -1.12. The second kappa shape index (κ2) is 14.5. The number of aliphatic hydroxyl groups excluding tert-OH is 1. The summed E-state index contributed by atoms with van der Waals surface area (Å²) in [6.07, 6.45) is 14.6. The van der Waals surface area contributed by atoms with Crippen molar-refractivity contribution in [2.45, 2.75) is 77.4 Å². The first kappa shape index (κ1) is 19.9. The SMILES string of the molecule is CCCCCC/C=C\CCCC(O)CCOCc1ccccc1. The van der Waals surface area contributed by atoms with Crippen molar-refractivity contribution in [3.63, 3.8) is 0 Å². The van der Waals surface area contributed by atoms with Gasteiger partial charge in [-0.2, -0.15) is 0 Å². The summed E-state index contributed by atoms with van der Waals surface area (Å²) in [5, 5.41) is 9.94. The highest BCUT2D eigenvalue weighted by Gasteiger charge is 2.03. The first-order valence-electron chi connectivity index (χ1n) is 9.27. The number of aliphatic hydroxyl groups is 1. The quantitative estimate of drug-likeness (QED) is 0.355. The molecule has 0 aliphatic carbocycles. The summed E-state index contributed by atoms with van der Waals surface area (Å²) in [5.41, 5.74) is 1.19. The Morgan fingerprint density at radius 2 is 1.70 bits per heavy atom. The molecule has 0 fully saturated rings. The van der Waals surface area contributed by atoms with Gasteiger partial charge in [-0.15, -0.1) is 0 Å². The molecule has 1 aromatic rings. The molecule has 23 heavy (non-hydrogen) atoms. The van der Waals surface area contributed by atoms with Crippen LogP contribution >= 0.6 is 0 Å². The maximum atomic E-state index is 9.94. The van der Waals surface area contributed by atoms with Crippen LogP contribution in [-0.4, -0.2) is 17.8 Å². The van der Waals surface area contributed by atoms with Gasteiger partial charge in [-0.25, -0.2) is 0 Å². The van der Waals surface area contributed by atoms with Gasteiger partial charge < -0.3 is 9.84 Å². The molecule has 0 radical (unpaired) electrons. The summed E-state index contributed by atoms with van der Waals surface area (Å²) in [4.78, 5) is 0. The lowest BCUT2D eigenvalue weighted by Gasteiger charge is -2.10. The van der Waals surface area contributed by atoms with E-state index in [-0.39, 0.29) is 6.10 Å². The topological polar surface area (TPSA) is 29.5 Å². The molecule has 0 aromatic heterocycles. The fourth-order valence-electron chi connectivity index (χ4n) is 2.52. The number of allylic oxidation sites excluding steroid dienone is 2. The Morgan fingerprint density at radius 1 is 0.957 bits per heavy atom. The second-order valence-electron chi connectivity index (χ2n) is 6.23. The van der Waals surface area contributed by atoms with E-state index in [4.69, 9.17) is 4.74 Å². The van der Waals surface area contributed by atoms with E-state index in [0.29, 0.717) is 13.2 Å². The second-order valence-corrected chi connectivity index (χ2v) is 6.23. The molecule has 1 unspecified atom stereocenters. The zero-order valence-corrected chi connectivity index (χ0v) is 14.8. The summed E-state index contributed by atoms with van der Waals surface area (Å²) >= 11 is 0. The molecule has 2 heteroatoms. The van der Waals surface area contributed by atoms with Crippen LogP contribution in [0.5, 0.6) is 0 Å². The van der Waals surface area contributed by atoms with Crippen molar-refractivity contribution in [2.24, 2.45) is 0 Å². The average Bonchev–Trinajstić information content (AvgIpc) is 2.58. The van der Waals surface area contributed by atoms with Crippen molar-refractivity contribution in [3.8, 4) is 0 Å². The highest BCUT2D eigenvalue weighted by Crippen LogP contribution is 2.08. The number of ether oxygens (including phenoxy) is 1. The van der Waals surface area contributed by atoms with Gasteiger partial charge in [0.05, 0.1) is 12.7 Å². The van der Waals surface area contributed by atoms with Crippen LogP contribution in [0.4, 0.5) is 0 Å². The summed E-state index contributed by atoms with van der Waals surface area (Å²) in [6.45, 7) is 3.51. The van der Waals surface area contributed by atoms with Gasteiger partial charge in [0.25, 0.3) is 0 Å². The summed E-state index contributed by atoms with van der Waals surface area (Å²) in [6, 6.07) is 10.2. The molecule has 0 saturated carbocycles. The van der Waals surface area contributed by atoms with E-state index < -0.39 is 0 Å². The van der Waals surface area contributed by atoms with E-state index in [1.165, 1.54) is 37.7 Å². The van der Waals surface area contributed by atoms with Gasteiger partial charge in [-0.05, 0) is 44.1 Å². The third-order valence-electron chi connectivity index (χ3n) is 4.01. The van der Waals surface area contributed by atoms with E-state index in [9.17, 15) is 5.11 Å². The molecule has 0 amide bonds. The lowest BCUT2D eigenvalue weighted by molar-refractivity contribution is 0.0693. The predicted octanol–water partition coefficient (Wildman–Crippen LogP) is 5.65. The Balaban J connectivity index is 1.90. The minimum atomic E-state index is -0.233. The standard InChI is InChI=1S/C21H34O2/c1-2-3-4-5-6-7-8-9-13-16-21(22)17-18-23-19-20-14-11-10-12-15-20/h7-8,10-12,14-15,21-22H,2-6,9,13,16-19H2,1H3/b8-7-. The number of benzene rings is 1. The molecule has 0 heterocycles. The zero-order chi connectivity index (χ0) is 16.6. The number of hydrogen-bond donors (Lipinski definition) is 1. The van der Waals surface area contributed by atoms with Crippen LogP contribution in [0.1, 0.15) is 70.3 Å². The van der Waals surface area contributed by atoms with Crippen LogP contribution in [0.25, 0.3) is 0 Å². The first-order chi connectivity index (χ1) is 11.3. The van der Waals surface area contributed by atoms with Crippen LogP contribution in [-0.2, 0) is 11.3 Å². The molecule has 2 nitrogen and oxygen atoms in total. The molecular weight excluding hydrogens is 284 g/mol. The normalized spacial score (nSPS) is 12.8. The fourth-order valence-corrected chi connectivity index (χ4v) is 2.52. The van der Waals surface area contributed by atoms with Crippen molar-refractivity contribution in [1.29, 1.82) is 0 Å². The van der Waals surface area contributed by atoms with Gasteiger partial charge >= 0.3 is 0 Å². The first-order valence-corrected chi connectivity index (χ1v) is 9.27. The smallest absolute Gasteiger partial charge is 0.0716 e. The molecule has 0 spiro atoms. The van der Waals surface area contributed by atoms with E-state index >= 15 is 0 Å². The Labute approximate surface area is 142 Å². The van der Waals surface area contributed by atoms with Crippen LogP contribution in [0.3, 0.4) is 0 Å². The average molecular weight is 319 g/mol. The molecule has 130 valence electrons. The molecular formula is C21H34O2. The minimum absolute atomic E-state index is 0.233. The van der Waals surface area contributed by atoms with Crippen molar-refractivity contribution in [3.05, 3.63) is 48.0 Å². The Morgan fingerprint density at radius 3 is 2.43 bits per heavy atom. The molecule has 1 aromatic carbocycles. The van der Waals surface area contributed by atoms with E-state index in [1.807, 2.05) is 18.2 Å². The van der Waals surface area contributed by atoms with Crippen LogP contribution < -0.4 is 0 Å². The van der Waals surface area contributed by atoms with Gasteiger partial charge in [0.15, 0.2) is 0 Å². The summed E-state index contributed by atoms with van der Waals surface area (Å²) < 4.78 is 5.61. The third-order valence-corrected chi connectivity index (χ3v) is 4.01. The minimum Gasteiger partial charge on any atom is -0.393 e. The number of unbranched alkanes of at least 4 members (excludes halogenated alkanes) is 5. The predicted molar refractivity (Wildman–Crippen MR) is 98.5 cm³/mol. The molecule has 0 saturated heterocycles. The number of rotatable bonds is 14. The summed E-state index contributed by atoms with van der Waals surface area (Å²) in [7, 11) is 0. The zero-order valence-electron chi connectivity index (χ0n) is 14.8. The van der Waals surface area contributed by atoms with Gasteiger partial charge in [0.1, 0.15) is 0 Å². The monoisotopic (exact) mass is 318 g/mol. The molecule has 1 rings (SSSR count). The van der Waals surface area contributed by atoms with Gasteiger partial charge in [-0.1, -0.05) is 68.7 Å². The molecule has 0 aliphatic heterocycles. The molecule has 0 aliphatic rings. The van der Waals surface area contributed by atoms with E-state index in [0.717, 1.165) is 25.7 Å². The Bertz CT molecular complexity index is 386.